The molecule has 33 heavy (non-hydrogen) atoms. The summed E-state index contributed by atoms with van der Waals surface area (Å²) in [5.41, 5.74) is 1.25. The number of nitrogens with zero attached hydrogens (tertiary/aromatic N) is 5. The molecule has 2 aromatic heterocycles. The lowest BCUT2D eigenvalue weighted by Gasteiger charge is -2.35. The summed E-state index contributed by atoms with van der Waals surface area (Å²) in [5.74, 6) is 0.588. The lowest BCUT2D eigenvalue weighted by molar-refractivity contribution is 0.0730. The van der Waals surface area contributed by atoms with E-state index in [4.69, 9.17) is 4.98 Å². The van der Waals surface area contributed by atoms with Crippen LogP contribution < -0.4 is 10.5 Å². The van der Waals surface area contributed by atoms with Gasteiger partial charge in [-0.2, -0.15) is 4.98 Å². The highest BCUT2D eigenvalue weighted by Crippen LogP contribution is 2.30. The molecule has 0 spiro atoms. The third-order valence-corrected chi connectivity index (χ3v) is 6.36. The van der Waals surface area contributed by atoms with Gasteiger partial charge in [0.1, 0.15) is 0 Å². The van der Waals surface area contributed by atoms with Crippen molar-refractivity contribution in [2.45, 2.75) is 59.4 Å². The third-order valence-electron chi connectivity index (χ3n) is 6.36. The zero-order valence-electron chi connectivity index (χ0n) is 19.8. The number of fused-ring (bicyclic) bond motifs is 3. The normalized spacial score (nSPS) is 13.7. The van der Waals surface area contributed by atoms with E-state index >= 15 is 0 Å². The summed E-state index contributed by atoms with van der Waals surface area (Å²) in [6.45, 7) is 8.14. The first kappa shape index (κ1) is 22.9. The van der Waals surface area contributed by atoms with Crippen molar-refractivity contribution in [3.8, 4) is 5.88 Å². The topological polar surface area (TPSA) is 83.1 Å². The minimum atomic E-state index is -0.395. The number of rotatable bonds is 9. The molecule has 1 aromatic carbocycles. The van der Waals surface area contributed by atoms with Crippen LogP contribution in [0.2, 0.25) is 0 Å². The SMILES string of the molecule is CCCCN1CN(CCCC)c2nc3n(CCc4ccccc4)c(O)c(C)c(=O)n3c2C1=O. The fourth-order valence-corrected chi connectivity index (χ4v) is 4.37. The fourth-order valence-electron chi connectivity index (χ4n) is 4.37. The standard InChI is InChI=1S/C25H33N5O3/c1-4-6-14-27-17-28(15-7-5-2)24(33)20-21(27)26-25-29(16-13-19-11-9-8-10-12-19)22(31)18(3)23(32)30(20)25/h8-12,31H,4-7,13-17H2,1-3H3. The highest BCUT2D eigenvalue weighted by molar-refractivity contribution is 6.00. The molecule has 0 atom stereocenters. The Balaban J connectivity index is 1.85. The van der Waals surface area contributed by atoms with E-state index < -0.39 is 5.56 Å². The number of aromatic nitrogens is 3. The average molecular weight is 452 g/mol. The molecule has 1 aliphatic heterocycles. The average Bonchev–Trinajstić information content (AvgIpc) is 3.23. The van der Waals surface area contributed by atoms with E-state index in [-0.39, 0.29) is 17.4 Å². The number of aryl methyl sites for hydroxylation is 2. The van der Waals surface area contributed by atoms with Gasteiger partial charge in [0.15, 0.2) is 11.5 Å². The summed E-state index contributed by atoms with van der Waals surface area (Å²) in [4.78, 5) is 35.4. The van der Waals surface area contributed by atoms with Gasteiger partial charge in [0, 0.05) is 19.6 Å². The van der Waals surface area contributed by atoms with Crippen molar-refractivity contribution in [3.63, 3.8) is 0 Å². The van der Waals surface area contributed by atoms with Gasteiger partial charge < -0.3 is 14.9 Å². The molecule has 3 aromatic rings. The monoisotopic (exact) mass is 451 g/mol. The minimum Gasteiger partial charge on any atom is -0.494 e. The predicted molar refractivity (Wildman–Crippen MR) is 129 cm³/mol. The number of carbonyl (C=O) groups excluding carboxylic acids is 1. The quantitative estimate of drug-likeness (QED) is 0.538. The largest absolute Gasteiger partial charge is 0.494 e. The second kappa shape index (κ2) is 9.68. The van der Waals surface area contributed by atoms with Crippen molar-refractivity contribution >= 4 is 17.5 Å². The van der Waals surface area contributed by atoms with Crippen molar-refractivity contribution < 1.29 is 9.90 Å². The van der Waals surface area contributed by atoms with E-state index in [0.29, 0.717) is 43.5 Å². The Hall–Kier alpha value is -3.29. The van der Waals surface area contributed by atoms with Gasteiger partial charge >= 0.3 is 0 Å². The molecular formula is C25H33N5O3. The minimum absolute atomic E-state index is 0.0961. The van der Waals surface area contributed by atoms with Gasteiger partial charge in [-0.05, 0) is 31.7 Å². The van der Waals surface area contributed by atoms with Crippen molar-refractivity contribution in [3.05, 3.63) is 57.5 Å². The Morgan fingerprint density at radius 1 is 0.970 bits per heavy atom. The summed E-state index contributed by atoms with van der Waals surface area (Å²) < 4.78 is 3.07. The molecule has 0 fully saturated rings. The zero-order chi connectivity index (χ0) is 23.5. The van der Waals surface area contributed by atoms with Crippen molar-refractivity contribution in [2.75, 3.05) is 24.7 Å². The van der Waals surface area contributed by atoms with Crippen LogP contribution in [-0.4, -0.2) is 49.6 Å². The number of unbranched alkanes of at least 4 members (excludes halogenated alkanes) is 2. The molecule has 176 valence electrons. The number of hydrogen-bond donors (Lipinski definition) is 1. The van der Waals surface area contributed by atoms with Gasteiger partial charge in [0.2, 0.25) is 11.7 Å². The highest BCUT2D eigenvalue weighted by atomic mass is 16.3. The summed E-state index contributed by atoms with van der Waals surface area (Å²) in [6, 6.07) is 9.98. The fraction of sp³-hybridized carbons (Fsp3) is 0.480. The van der Waals surface area contributed by atoms with E-state index in [0.717, 1.165) is 37.8 Å². The van der Waals surface area contributed by atoms with E-state index in [9.17, 15) is 14.7 Å². The van der Waals surface area contributed by atoms with Crippen LogP contribution in [0.4, 0.5) is 5.82 Å². The van der Waals surface area contributed by atoms with Crippen molar-refractivity contribution in [1.82, 2.24) is 18.9 Å². The van der Waals surface area contributed by atoms with Crippen LogP contribution >= 0.6 is 0 Å². The second-order valence-electron chi connectivity index (χ2n) is 8.74. The molecule has 1 N–H and O–H groups in total. The van der Waals surface area contributed by atoms with E-state index in [1.165, 1.54) is 4.40 Å². The molecule has 1 amide bonds. The first-order valence-corrected chi connectivity index (χ1v) is 11.9. The van der Waals surface area contributed by atoms with Gasteiger partial charge in [-0.15, -0.1) is 0 Å². The Bertz CT molecular complexity index is 1200. The van der Waals surface area contributed by atoms with Crippen molar-refractivity contribution in [2.24, 2.45) is 0 Å². The number of imidazole rings is 1. The molecule has 0 radical (unpaired) electrons. The molecule has 0 aliphatic carbocycles. The highest BCUT2D eigenvalue weighted by Gasteiger charge is 2.35. The van der Waals surface area contributed by atoms with Crippen LogP contribution in [0.5, 0.6) is 5.88 Å². The number of benzene rings is 1. The maximum absolute atomic E-state index is 13.5. The summed E-state index contributed by atoms with van der Waals surface area (Å²) >= 11 is 0. The first-order valence-electron chi connectivity index (χ1n) is 11.9. The van der Waals surface area contributed by atoms with Crippen LogP contribution in [0, 0.1) is 6.92 Å². The third kappa shape index (κ3) is 4.21. The molecule has 0 unspecified atom stereocenters. The lowest BCUT2D eigenvalue weighted by Crippen LogP contribution is -2.48. The van der Waals surface area contributed by atoms with Gasteiger partial charge in [0.25, 0.3) is 11.5 Å². The molecule has 3 heterocycles. The maximum atomic E-state index is 13.5. The summed E-state index contributed by atoms with van der Waals surface area (Å²) in [5, 5.41) is 10.9. The first-order chi connectivity index (χ1) is 16.0. The Morgan fingerprint density at radius 3 is 2.30 bits per heavy atom. The van der Waals surface area contributed by atoms with E-state index in [2.05, 4.69) is 18.7 Å². The second-order valence-corrected chi connectivity index (χ2v) is 8.74. The molecule has 1 aliphatic rings. The molecule has 0 saturated heterocycles. The maximum Gasteiger partial charge on any atom is 0.276 e. The lowest BCUT2D eigenvalue weighted by atomic mass is 10.1. The number of hydrogen-bond acceptors (Lipinski definition) is 5. The Labute approximate surface area is 194 Å². The molecule has 8 nitrogen and oxygen atoms in total. The molecular weight excluding hydrogens is 418 g/mol. The van der Waals surface area contributed by atoms with Crippen molar-refractivity contribution in [1.29, 1.82) is 0 Å². The summed E-state index contributed by atoms with van der Waals surface area (Å²) in [6.07, 6.45) is 4.54. The number of amides is 1. The molecule has 0 bridgehead atoms. The molecule has 8 heteroatoms. The van der Waals surface area contributed by atoms with Crippen LogP contribution in [0.25, 0.3) is 5.78 Å². The smallest absolute Gasteiger partial charge is 0.276 e. The Morgan fingerprint density at radius 2 is 1.64 bits per heavy atom. The number of anilines is 1. The summed E-state index contributed by atoms with van der Waals surface area (Å²) in [7, 11) is 0. The molecule has 0 saturated carbocycles. The van der Waals surface area contributed by atoms with Crippen LogP contribution in [0.15, 0.2) is 35.1 Å². The zero-order valence-corrected chi connectivity index (χ0v) is 19.8. The molecule has 4 rings (SSSR count). The van der Waals surface area contributed by atoms with E-state index in [1.54, 1.807) is 11.5 Å². The van der Waals surface area contributed by atoms with Gasteiger partial charge in [-0.3, -0.25) is 14.2 Å². The van der Waals surface area contributed by atoms with Gasteiger partial charge in [-0.25, -0.2) is 4.40 Å². The number of aromatic hydroxyl groups is 1. The van der Waals surface area contributed by atoms with Gasteiger partial charge in [0.05, 0.1) is 12.2 Å². The van der Waals surface area contributed by atoms with Crippen LogP contribution in [-0.2, 0) is 13.0 Å². The van der Waals surface area contributed by atoms with Crippen LogP contribution in [0.3, 0.4) is 0 Å². The van der Waals surface area contributed by atoms with E-state index in [1.807, 2.05) is 35.2 Å². The van der Waals surface area contributed by atoms with Gasteiger partial charge in [-0.1, -0.05) is 57.0 Å². The predicted octanol–water partition coefficient (Wildman–Crippen LogP) is 3.57. The van der Waals surface area contributed by atoms with Crippen LogP contribution in [0.1, 0.15) is 61.1 Å². The Kier molecular flexibility index (Phi) is 6.72. The number of carbonyl (C=O) groups is 1.